The van der Waals surface area contributed by atoms with Gasteiger partial charge in [0.1, 0.15) is 29.9 Å². The predicted octanol–water partition coefficient (Wildman–Crippen LogP) is 16.0. The third-order valence-corrected chi connectivity index (χ3v) is 19.0. The van der Waals surface area contributed by atoms with Crippen LogP contribution in [0.25, 0.3) is 0 Å². The van der Waals surface area contributed by atoms with E-state index in [-0.39, 0.29) is 44.5 Å². The largest absolute Gasteiger partial charge is 0.394 e. The van der Waals surface area contributed by atoms with Gasteiger partial charge in [0.15, 0.2) is 0 Å². The van der Waals surface area contributed by atoms with Crippen LogP contribution >= 0.6 is 15.2 Å². The maximum atomic E-state index is 13.2. The summed E-state index contributed by atoms with van der Waals surface area (Å²) in [5, 5.41) is 9.47. The lowest BCUT2D eigenvalue weighted by Crippen LogP contribution is -2.39. The third-order valence-electron chi connectivity index (χ3n) is 16.9. The Labute approximate surface area is 580 Å². The number of hydrogen-bond acceptors (Lipinski definition) is 16. The predicted molar refractivity (Wildman–Crippen MR) is 390 cm³/mol. The summed E-state index contributed by atoms with van der Waals surface area (Å²) >= 11 is 0. The van der Waals surface area contributed by atoms with E-state index in [4.69, 9.17) is 44.2 Å². The number of benzene rings is 3. The van der Waals surface area contributed by atoms with Crippen molar-refractivity contribution in [2.45, 2.75) is 238 Å². The zero-order valence-corrected chi connectivity index (χ0v) is 61.0. The van der Waals surface area contributed by atoms with Gasteiger partial charge < -0.3 is 59.1 Å². The smallest absolute Gasteiger partial charge is 0.353 e. The number of unbranched alkanes of at least 4 members (excludes halogenated alkanes) is 22. The first-order chi connectivity index (χ1) is 46.9. The van der Waals surface area contributed by atoms with Crippen LogP contribution in [0.2, 0.25) is 0 Å². The molecule has 4 atom stereocenters. The monoisotopic (exact) mass is 1390 g/mol. The first kappa shape index (κ1) is 84.5. The Morgan fingerprint density at radius 1 is 0.433 bits per heavy atom. The lowest BCUT2D eigenvalue weighted by Gasteiger charge is -2.37. The molecule has 2 aromatic heterocycles. The number of hydrogen-bond donors (Lipinski definition) is 5. The van der Waals surface area contributed by atoms with Crippen molar-refractivity contribution in [2.24, 2.45) is 11.8 Å². The molecule has 5 aromatic rings. The van der Waals surface area contributed by atoms with Crippen molar-refractivity contribution < 1.29 is 56.8 Å². The van der Waals surface area contributed by atoms with E-state index in [1.54, 1.807) is 0 Å². The molecule has 97 heavy (non-hydrogen) atoms. The molecule has 5 rings (SSSR count). The zero-order chi connectivity index (χ0) is 70.1. The van der Waals surface area contributed by atoms with Gasteiger partial charge in [-0.1, -0.05) is 273 Å². The van der Waals surface area contributed by atoms with Crippen LogP contribution < -0.4 is 22.8 Å². The highest BCUT2D eigenvalue weighted by Gasteiger charge is 2.39. The number of nitrogens with zero attached hydrogens (tertiary/aromatic N) is 4. The summed E-state index contributed by atoms with van der Waals surface area (Å²) in [7, 11) is -8.15. The number of aliphatic hydroxyl groups is 1. The molecule has 0 amide bonds. The molecule has 0 aliphatic carbocycles. The molecule has 0 saturated carbocycles. The second kappa shape index (κ2) is 51.3. The molecule has 0 spiro atoms. The molecule has 0 saturated heterocycles. The summed E-state index contributed by atoms with van der Waals surface area (Å²) in [5.74, 6) is 1.85. The molecule has 0 aliphatic rings. The van der Waals surface area contributed by atoms with Crippen molar-refractivity contribution in [3.63, 3.8) is 0 Å². The van der Waals surface area contributed by atoms with E-state index in [2.05, 4.69) is 37.7 Å². The summed E-state index contributed by atoms with van der Waals surface area (Å²) in [5.41, 5.74) is 11.6. The van der Waals surface area contributed by atoms with Gasteiger partial charge >= 0.3 is 26.6 Å². The minimum absolute atomic E-state index is 0.00677. The van der Waals surface area contributed by atoms with Gasteiger partial charge in [-0.2, -0.15) is 9.97 Å². The van der Waals surface area contributed by atoms with Gasteiger partial charge in [0.2, 0.25) is 0 Å². The average molecular weight is 1390 g/mol. The second-order valence-electron chi connectivity index (χ2n) is 26.4. The number of anilines is 2. The van der Waals surface area contributed by atoms with Crippen molar-refractivity contribution >= 4 is 26.8 Å². The van der Waals surface area contributed by atoms with Crippen LogP contribution in [-0.4, -0.2) is 112 Å². The highest BCUT2D eigenvalue weighted by atomic mass is 31.2. The molecular formula is C75H122N6O14P2. The van der Waals surface area contributed by atoms with Crippen LogP contribution in [-0.2, 0) is 60.6 Å². The first-order valence-electron chi connectivity index (χ1n) is 36.3. The Morgan fingerprint density at radius 3 is 1.07 bits per heavy atom. The minimum atomic E-state index is -4.16. The Hall–Kier alpha value is -4.92. The lowest BCUT2D eigenvalue weighted by atomic mass is 9.80. The summed E-state index contributed by atoms with van der Waals surface area (Å²) in [6.45, 7) is 11.1. The van der Waals surface area contributed by atoms with Gasteiger partial charge in [-0.15, -0.1) is 0 Å². The molecule has 0 bridgehead atoms. The van der Waals surface area contributed by atoms with Gasteiger partial charge in [0.05, 0.1) is 51.7 Å². The fraction of sp³-hybridized carbons (Fsp3) is 0.653. The van der Waals surface area contributed by atoms with E-state index >= 15 is 0 Å². The quantitative estimate of drug-likeness (QED) is 0.0137. The Bertz CT molecular complexity index is 2890. The molecule has 0 aliphatic heterocycles. The van der Waals surface area contributed by atoms with Crippen LogP contribution in [0.1, 0.15) is 224 Å². The van der Waals surface area contributed by atoms with Gasteiger partial charge in [0, 0.05) is 38.8 Å². The Balaban J connectivity index is 0.000000447. The van der Waals surface area contributed by atoms with Crippen LogP contribution in [0.15, 0.2) is 125 Å². The highest BCUT2D eigenvalue weighted by molar-refractivity contribution is 7.52. The lowest BCUT2D eigenvalue weighted by molar-refractivity contribution is -0.0635. The molecular weight excluding hydrogens is 1270 g/mol. The van der Waals surface area contributed by atoms with Crippen LogP contribution in [0.3, 0.4) is 0 Å². The van der Waals surface area contributed by atoms with Crippen LogP contribution in [0, 0.1) is 11.8 Å². The number of nitrogens with two attached hydrogens (primary N) is 2. The van der Waals surface area contributed by atoms with E-state index < -0.39 is 63.7 Å². The summed E-state index contributed by atoms with van der Waals surface area (Å²) in [4.78, 5) is 52.7. The number of rotatable bonds is 57. The molecule has 0 radical (unpaired) electrons. The van der Waals surface area contributed by atoms with Crippen LogP contribution in [0.4, 0.5) is 11.6 Å². The fourth-order valence-electron chi connectivity index (χ4n) is 11.4. The summed E-state index contributed by atoms with van der Waals surface area (Å²) in [6, 6.07) is 32.6. The van der Waals surface area contributed by atoms with E-state index in [1.165, 1.54) is 181 Å². The first-order valence-corrected chi connectivity index (χ1v) is 39.8. The van der Waals surface area contributed by atoms with E-state index in [0.717, 1.165) is 47.8 Å². The summed E-state index contributed by atoms with van der Waals surface area (Å²) < 4.78 is 68.1. The number of ether oxygens (including phenoxy) is 5. The fourth-order valence-corrected chi connectivity index (χ4v) is 13.1. The SMILES string of the molecule is CC(C)CCCCCCCCCCCCCCOCCCOP(=O)(O)COC(CO)Cn1ccc(N)nc1=O.CC(C)CCCCCCCCCCCCCCOCCCOP(=O)(O)COC(COC(c1ccccc1)(c1ccccc1)c1ccccc1)Cn1ccc(N)nc1=O. The van der Waals surface area contributed by atoms with Crippen LogP contribution in [0.5, 0.6) is 0 Å². The van der Waals surface area contributed by atoms with Crippen molar-refractivity contribution in [1.29, 1.82) is 0 Å². The molecule has 7 N–H and O–H groups in total. The minimum Gasteiger partial charge on any atom is -0.394 e. The standard InChI is InChI=1S/C47H68N3O7P.C28H54N3O7P/c1-40(2)25-16-11-9-7-5-3-4-6-8-10-12-23-34-54-35-24-36-57-58(52,53)39-55-44(37-50-33-32-45(48)49-46(50)51)38-56-47(41-26-17-13-18-27-41,42-28-19-14-20-29-42)43-30-21-15-22-31-43;1-25(2)16-13-11-9-7-5-3-4-6-8-10-12-14-19-36-20-15-21-38-39(34,35)24-37-26(23-32)22-31-18-17-27(29)30-28(31)33/h13-15,17-22,26-33,40,44H,3-12,16,23-25,34-39H2,1-2H3,(H,52,53)(H2,48,49,51);17-18,25-26,32H,3-16,19-24H2,1-2H3,(H,34,35)(H2,29,30,33). The molecule has 4 unspecified atom stereocenters. The van der Waals surface area contributed by atoms with Gasteiger partial charge in [-0.3, -0.25) is 18.3 Å². The van der Waals surface area contributed by atoms with E-state index in [9.17, 15) is 33.6 Å². The molecule has 20 nitrogen and oxygen atoms in total. The van der Waals surface area contributed by atoms with Crippen molar-refractivity contribution in [2.75, 3.05) is 77.0 Å². The maximum Gasteiger partial charge on any atom is 0.353 e. The van der Waals surface area contributed by atoms with Crippen molar-refractivity contribution in [3.05, 3.63) is 153 Å². The van der Waals surface area contributed by atoms with Gasteiger partial charge in [-0.25, -0.2) is 9.59 Å². The highest BCUT2D eigenvalue weighted by Crippen LogP contribution is 2.44. The average Bonchev–Trinajstić information content (AvgIpc) is 0.768. The second-order valence-corrected chi connectivity index (χ2v) is 30.0. The summed E-state index contributed by atoms with van der Waals surface area (Å²) in [6.07, 6.45) is 35.1. The van der Waals surface area contributed by atoms with Crippen molar-refractivity contribution in [1.82, 2.24) is 19.1 Å². The molecule has 546 valence electrons. The van der Waals surface area contributed by atoms with Gasteiger partial charge in [0.25, 0.3) is 0 Å². The number of nitrogen functional groups attached to an aromatic ring is 2. The number of aromatic nitrogens is 4. The molecule has 22 heteroatoms. The zero-order valence-electron chi connectivity index (χ0n) is 59.2. The third kappa shape index (κ3) is 38.5. The molecule has 0 fully saturated rings. The Kier molecular flexibility index (Phi) is 44.6. The molecule has 2 heterocycles. The van der Waals surface area contributed by atoms with E-state index in [0.29, 0.717) is 39.3 Å². The Morgan fingerprint density at radius 2 is 0.742 bits per heavy atom. The van der Waals surface area contributed by atoms with E-state index in [1.807, 2.05) is 91.0 Å². The number of aliphatic hydroxyl groups excluding tert-OH is 1. The topological polar surface area (TPSA) is 281 Å². The maximum absolute atomic E-state index is 13.2. The molecule has 3 aromatic carbocycles. The van der Waals surface area contributed by atoms with Crippen molar-refractivity contribution in [3.8, 4) is 0 Å². The normalized spacial score (nSPS) is 13.7. The van der Waals surface area contributed by atoms with Gasteiger partial charge in [-0.05, 0) is 66.3 Å².